The van der Waals surface area contributed by atoms with E-state index in [-0.39, 0.29) is 30.2 Å². The van der Waals surface area contributed by atoms with Gasteiger partial charge in [0.2, 0.25) is 0 Å². The molecule has 0 aliphatic heterocycles. The van der Waals surface area contributed by atoms with Crippen molar-refractivity contribution in [2.24, 2.45) is 0 Å². The summed E-state index contributed by atoms with van der Waals surface area (Å²) in [5, 5.41) is 15.5. The largest absolute Gasteiger partial charge is 0.508 e. The van der Waals surface area contributed by atoms with Crippen LogP contribution in [-0.4, -0.2) is 41.5 Å². The highest BCUT2D eigenvalue weighted by molar-refractivity contribution is 5.98. The van der Waals surface area contributed by atoms with Crippen molar-refractivity contribution in [3.8, 4) is 35.1 Å². The van der Waals surface area contributed by atoms with Gasteiger partial charge in [-0.15, -0.1) is 6.42 Å². The summed E-state index contributed by atoms with van der Waals surface area (Å²) in [6.07, 6.45) is 7.10. The van der Waals surface area contributed by atoms with Gasteiger partial charge < -0.3 is 15.6 Å². The van der Waals surface area contributed by atoms with Crippen LogP contribution in [0.15, 0.2) is 77.9 Å². The van der Waals surface area contributed by atoms with E-state index < -0.39 is 0 Å². The number of methoxy groups -OCH3 is 1. The van der Waals surface area contributed by atoms with Crippen LogP contribution in [0.5, 0.6) is 11.5 Å². The van der Waals surface area contributed by atoms with Crippen LogP contribution >= 0.6 is 0 Å². The van der Waals surface area contributed by atoms with Crippen LogP contribution in [0.3, 0.4) is 0 Å². The third-order valence-corrected chi connectivity index (χ3v) is 6.68. The van der Waals surface area contributed by atoms with Gasteiger partial charge in [-0.3, -0.25) is 9.36 Å². The molecule has 0 amide bonds. The normalized spacial score (nSPS) is 11.1. The minimum absolute atomic E-state index is 0.112. The molecule has 10 nitrogen and oxygen atoms in total. The van der Waals surface area contributed by atoms with Gasteiger partial charge in [-0.1, -0.05) is 24.1 Å². The van der Waals surface area contributed by atoms with E-state index in [4.69, 9.17) is 27.0 Å². The zero-order chi connectivity index (χ0) is 27.8. The number of nitrogens with two attached hydrogens (primary N) is 1. The molecular weight excluding hydrogens is 506 g/mol. The van der Waals surface area contributed by atoms with Crippen LogP contribution in [0.2, 0.25) is 0 Å². The molecule has 3 aromatic carbocycles. The number of benzene rings is 3. The lowest BCUT2D eigenvalue weighted by Crippen LogP contribution is -2.28. The summed E-state index contributed by atoms with van der Waals surface area (Å²) in [6, 6.07) is 19.4. The summed E-state index contributed by atoms with van der Waals surface area (Å²) in [6.45, 7) is 0.342. The Morgan fingerprint density at radius 3 is 2.60 bits per heavy atom. The number of fused-ring (bicyclic) bond motifs is 2. The maximum atomic E-state index is 14.0. The lowest BCUT2D eigenvalue weighted by Gasteiger charge is -2.15. The first-order valence-corrected chi connectivity index (χ1v) is 12.3. The van der Waals surface area contributed by atoms with Crippen LogP contribution in [0.4, 0.5) is 5.82 Å². The van der Waals surface area contributed by atoms with E-state index in [0.29, 0.717) is 44.8 Å². The van der Waals surface area contributed by atoms with E-state index in [1.165, 1.54) is 6.33 Å². The number of rotatable bonds is 6. The zero-order valence-electron chi connectivity index (χ0n) is 21.4. The minimum atomic E-state index is -0.263. The molecule has 0 spiro atoms. The molecule has 196 valence electrons. The van der Waals surface area contributed by atoms with Crippen molar-refractivity contribution < 1.29 is 9.84 Å². The predicted molar refractivity (Wildman–Crippen MR) is 152 cm³/mol. The number of nitrogens with zero attached hydrogens (tertiary/aromatic N) is 6. The number of aromatic hydroxyl groups is 1. The molecule has 0 saturated carbocycles. The van der Waals surface area contributed by atoms with Crippen molar-refractivity contribution in [1.82, 2.24) is 29.3 Å². The van der Waals surface area contributed by atoms with E-state index in [9.17, 15) is 9.90 Å². The monoisotopic (exact) mass is 529 g/mol. The number of nitrogen functional groups attached to an aromatic ring is 1. The number of ether oxygens (including phenoxy) is 1. The van der Waals surface area contributed by atoms with Gasteiger partial charge in [0.1, 0.15) is 41.7 Å². The van der Waals surface area contributed by atoms with Crippen LogP contribution < -0.4 is 16.0 Å². The number of phenolic OH excluding ortho intramolecular Hbond substituents is 1. The molecule has 0 aliphatic rings. The fraction of sp³-hybridized carbons (Fsp3) is 0.100. The van der Waals surface area contributed by atoms with Gasteiger partial charge in [0.15, 0.2) is 5.65 Å². The molecule has 0 bridgehead atoms. The van der Waals surface area contributed by atoms with Crippen molar-refractivity contribution in [3.05, 3.63) is 100 Å². The summed E-state index contributed by atoms with van der Waals surface area (Å²) in [4.78, 5) is 27.4. The van der Waals surface area contributed by atoms with Crippen LogP contribution in [0.1, 0.15) is 17.0 Å². The summed E-state index contributed by atoms with van der Waals surface area (Å²) in [5.74, 6) is 4.12. The lowest BCUT2D eigenvalue weighted by molar-refractivity contribution is 0.414. The maximum absolute atomic E-state index is 14.0. The Morgan fingerprint density at radius 1 is 1.02 bits per heavy atom. The third-order valence-electron chi connectivity index (χ3n) is 6.68. The standard InChI is InChI=1S/C30H23N7O3/c1-3-19-7-5-9-23-25(19)30(39)36(15-18-6-4-8-22(14-18)40-2)24(34-23)16-37-29-26(28(31)32-17-33-29)27(35-37)20-10-12-21(38)13-11-20/h1,4-14,17,38H,15-16H2,2H3,(H2,31,32,33). The molecule has 6 aromatic rings. The summed E-state index contributed by atoms with van der Waals surface area (Å²) < 4.78 is 8.62. The molecule has 10 heteroatoms. The smallest absolute Gasteiger partial charge is 0.263 e. The molecule has 0 fully saturated rings. The van der Waals surface area contributed by atoms with E-state index in [0.717, 1.165) is 11.1 Å². The average Bonchev–Trinajstić information content (AvgIpc) is 3.34. The van der Waals surface area contributed by atoms with Crippen molar-refractivity contribution in [3.63, 3.8) is 0 Å². The first kappa shape index (κ1) is 24.6. The SMILES string of the molecule is C#Cc1cccc2nc(Cn3nc(-c4ccc(O)cc4)c4c(N)ncnc43)n(Cc3cccc(OC)c3)c(=O)c12. The predicted octanol–water partition coefficient (Wildman–Crippen LogP) is 3.58. The number of hydrogen-bond acceptors (Lipinski definition) is 8. The van der Waals surface area contributed by atoms with E-state index >= 15 is 0 Å². The number of phenols is 1. The fourth-order valence-electron chi connectivity index (χ4n) is 4.76. The molecule has 6 rings (SSSR count). The van der Waals surface area contributed by atoms with Gasteiger partial charge in [-0.05, 0) is 54.1 Å². The van der Waals surface area contributed by atoms with Crippen LogP contribution in [0, 0.1) is 12.3 Å². The lowest BCUT2D eigenvalue weighted by atomic mass is 10.1. The van der Waals surface area contributed by atoms with Gasteiger partial charge in [0.05, 0.1) is 29.9 Å². The fourth-order valence-corrected chi connectivity index (χ4v) is 4.76. The Labute approximate surface area is 228 Å². The van der Waals surface area contributed by atoms with Crippen molar-refractivity contribution in [1.29, 1.82) is 0 Å². The highest BCUT2D eigenvalue weighted by Crippen LogP contribution is 2.31. The van der Waals surface area contributed by atoms with Crippen LogP contribution in [-0.2, 0) is 13.1 Å². The molecule has 0 aliphatic carbocycles. The van der Waals surface area contributed by atoms with E-state index in [2.05, 4.69) is 15.9 Å². The van der Waals surface area contributed by atoms with Gasteiger partial charge in [0, 0.05) is 11.1 Å². The topological polar surface area (TPSA) is 134 Å². The second kappa shape index (κ2) is 9.89. The average molecular weight is 530 g/mol. The van der Waals surface area contributed by atoms with Gasteiger partial charge in [-0.2, -0.15) is 5.10 Å². The second-order valence-corrected chi connectivity index (χ2v) is 9.13. The second-order valence-electron chi connectivity index (χ2n) is 9.13. The highest BCUT2D eigenvalue weighted by Gasteiger charge is 2.20. The highest BCUT2D eigenvalue weighted by atomic mass is 16.5. The molecule has 0 unspecified atom stereocenters. The van der Waals surface area contributed by atoms with Gasteiger partial charge in [0.25, 0.3) is 5.56 Å². The number of aromatic nitrogens is 6. The number of hydrogen-bond donors (Lipinski definition) is 2. The summed E-state index contributed by atoms with van der Waals surface area (Å²) in [5.41, 5.74) is 9.57. The quantitative estimate of drug-likeness (QED) is 0.313. The Kier molecular flexibility index (Phi) is 6.09. The van der Waals surface area contributed by atoms with Crippen molar-refractivity contribution >= 4 is 27.8 Å². The Hall–Kier alpha value is -5.69. The van der Waals surface area contributed by atoms with E-state index in [1.807, 2.05) is 24.3 Å². The molecule has 3 heterocycles. The Morgan fingerprint density at radius 2 is 1.82 bits per heavy atom. The molecule has 3 aromatic heterocycles. The maximum Gasteiger partial charge on any atom is 0.263 e. The Balaban J connectivity index is 1.56. The molecule has 0 saturated heterocycles. The molecular formula is C30H23N7O3. The summed E-state index contributed by atoms with van der Waals surface area (Å²) >= 11 is 0. The molecule has 0 radical (unpaired) electrons. The summed E-state index contributed by atoms with van der Waals surface area (Å²) in [7, 11) is 1.59. The van der Waals surface area contributed by atoms with Crippen LogP contribution in [0.25, 0.3) is 33.2 Å². The third kappa shape index (κ3) is 4.25. The Bertz CT molecular complexity index is 2000. The minimum Gasteiger partial charge on any atom is -0.508 e. The molecule has 3 N–H and O–H groups in total. The molecule has 40 heavy (non-hydrogen) atoms. The van der Waals surface area contributed by atoms with E-state index in [1.54, 1.807) is 58.8 Å². The van der Waals surface area contributed by atoms with Crippen molar-refractivity contribution in [2.45, 2.75) is 13.1 Å². The van der Waals surface area contributed by atoms with Gasteiger partial charge in [-0.25, -0.2) is 19.6 Å². The molecule has 0 atom stereocenters. The van der Waals surface area contributed by atoms with Gasteiger partial charge >= 0.3 is 0 Å². The number of anilines is 1. The first-order valence-electron chi connectivity index (χ1n) is 12.3. The first-order chi connectivity index (χ1) is 19.5. The number of terminal acetylenes is 1. The van der Waals surface area contributed by atoms with Crippen molar-refractivity contribution in [2.75, 3.05) is 12.8 Å². The zero-order valence-corrected chi connectivity index (χ0v) is 21.4.